The summed E-state index contributed by atoms with van der Waals surface area (Å²) in [5.41, 5.74) is 1.33. The summed E-state index contributed by atoms with van der Waals surface area (Å²) in [6.07, 6.45) is 17.3. The van der Waals surface area contributed by atoms with Gasteiger partial charge in [0, 0.05) is 6.42 Å². The van der Waals surface area contributed by atoms with Crippen molar-refractivity contribution in [1.29, 1.82) is 0 Å². The minimum Gasteiger partial charge on any atom is -0.295 e. The second kappa shape index (κ2) is 3.94. The van der Waals surface area contributed by atoms with Gasteiger partial charge in [-0.3, -0.25) is 4.79 Å². The molecule has 0 radical (unpaired) electrons. The van der Waals surface area contributed by atoms with Crippen molar-refractivity contribution in [2.75, 3.05) is 0 Å². The smallest absolute Gasteiger partial charge is 0.155 e. The Morgan fingerprint density at radius 1 is 1.06 bits per heavy atom. The van der Waals surface area contributed by atoms with E-state index in [0.717, 1.165) is 36.5 Å². The Morgan fingerprint density at radius 3 is 2.94 bits per heavy atom. The van der Waals surface area contributed by atoms with Gasteiger partial charge in [0.15, 0.2) is 5.78 Å². The number of carbonyl (C=O) groups is 1. The molecule has 0 aromatic carbocycles. The first-order valence-corrected chi connectivity index (χ1v) is 7.42. The number of rotatable bonds is 0. The Labute approximate surface area is 109 Å². The minimum atomic E-state index is 0.334. The van der Waals surface area contributed by atoms with Crippen LogP contribution in [0.1, 0.15) is 32.1 Å². The van der Waals surface area contributed by atoms with E-state index in [1.165, 1.54) is 24.8 Å². The van der Waals surface area contributed by atoms with Crippen molar-refractivity contribution in [1.82, 2.24) is 0 Å². The van der Waals surface area contributed by atoms with E-state index < -0.39 is 0 Å². The Hall–Kier alpha value is -1.11. The van der Waals surface area contributed by atoms with E-state index in [-0.39, 0.29) is 0 Å². The summed E-state index contributed by atoms with van der Waals surface area (Å²) in [6, 6.07) is 0. The normalized spacial score (nSPS) is 45.2. The number of ketones is 1. The average Bonchev–Trinajstić information content (AvgIpc) is 2.86. The summed E-state index contributed by atoms with van der Waals surface area (Å²) in [6.45, 7) is 0. The van der Waals surface area contributed by atoms with Crippen molar-refractivity contribution in [2.24, 2.45) is 29.6 Å². The van der Waals surface area contributed by atoms with Gasteiger partial charge in [-0.2, -0.15) is 0 Å². The monoisotopic (exact) mass is 240 g/mol. The molecule has 1 nitrogen and oxygen atoms in total. The predicted molar refractivity (Wildman–Crippen MR) is 71.9 cm³/mol. The van der Waals surface area contributed by atoms with Crippen molar-refractivity contribution in [3.05, 3.63) is 36.0 Å². The molecule has 0 amide bonds. The van der Waals surface area contributed by atoms with Gasteiger partial charge in [0.25, 0.3) is 0 Å². The molecule has 0 heterocycles. The molecule has 0 saturated heterocycles. The molecule has 94 valence electrons. The van der Waals surface area contributed by atoms with Crippen LogP contribution < -0.4 is 0 Å². The van der Waals surface area contributed by atoms with E-state index in [4.69, 9.17) is 0 Å². The Bertz CT molecular complexity index is 468. The zero-order valence-electron chi connectivity index (χ0n) is 10.7. The van der Waals surface area contributed by atoms with Crippen molar-refractivity contribution >= 4 is 5.78 Å². The van der Waals surface area contributed by atoms with E-state index >= 15 is 0 Å². The molecule has 0 N–H and O–H groups in total. The fraction of sp³-hybridized carbons (Fsp3) is 0.588. The number of allylic oxidation sites excluding steroid dienone is 6. The maximum absolute atomic E-state index is 11.5. The third kappa shape index (κ3) is 1.49. The quantitative estimate of drug-likeness (QED) is 0.590. The molecular weight excluding hydrogens is 220 g/mol. The van der Waals surface area contributed by atoms with Crippen LogP contribution in [-0.2, 0) is 4.79 Å². The van der Waals surface area contributed by atoms with Gasteiger partial charge in [-0.1, -0.05) is 24.3 Å². The van der Waals surface area contributed by atoms with Crippen molar-refractivity contribution < 1.29 is 4.79 Å². The molecule has 18 heavy (non-hydrogen) atoms. The Morgan fingerprint density at radius 2 is 2.00 bits per heavy atom. The third-order valence-corrected chi connectivity index (χ3v) is 5.65. The van der Waals surface area contributed by atoms with Crippen LogP contribution >= 0.6 is 0 Å². The number of hydrogen-bond donors (Lipinski definition) is 0. The van der Waals surface area contributed by atoms with Crippen LogP contribution in [0.5, 0.6) is 0 Å². The maximum Gasteiger partial charge on any atom is 0.155 e. The van der Waals surface area contributed by atoms with Gasteiger partial charge < -0.3 is 0 Å². The summed E-state index contributed by atoms with van der Waals surface area (Å²) >= 11 is 0. The molecule has 4 aliphatic carbocycles. The predicted octanol–water partition coefficient (Wildman–Crippen LogP) is 3.68. The fourth-order valence-electron chi connectivity index (χ4n) is 4.82. The fourth-order valence-corrected chi connectivity index (χ4v) is 4.82. The molecule has 0 aliphatic heterocycles. The maximum atomic E-state index is 11.5. The van der Waals surface area contributed by atoms with E-state index in [9.17, 15) is 4.79 Å². The van der Waals surface area contributed by atoms with Crippen LogP contribution in [0.3, 0.4) is 0 Å². The van der Waals surface area contributed by atoms with Gasteiger partial charge in [-0.15, -0.1) is 0 Å². The average molecular weight is 240 g/mol. The molecule has 5 atom stereocenters. The van der Waals surface area contributed by atoms with E-state index in [2.05, 4.69) is 24.3 Å². The summed E-state index contributed by atoms with van der Waals surface area (Å²) < 4.78 is 0. The molecule has 1 heteroatoms. The lowest BCUT2D eigenvalue weighted by atomic mass is 9.58. The second-order valence-electron chi connectivity index (χ2n) is 6.43. The van der Waals surface area contributed by atoms with Gasteiger partial charge in [0.1, 0.15) is 0 Å². The van der Waals surface area contributed by atoms with Crippen LogP contribution in [0.4, 0.5) is 0 Å². The van der Waals surface area contributed by atoms with Crippen LogP contribution in [0.25, 0.3) is 0 Å². The topological polar surface area (TPSA) is 17.1 Å². The van der Waals surface area contributed by atoms with Gasteiger partial charge in [0.05, 0.1) is 0 Å². The summed E-state index contributed by atoms with van der Waals surface area (Å²) in [7, 11) is 0. The Kier molecular flexibility index (Phi) is 2.36. The van der Waals surface area contributed by atoms with E-state index in [1.807, 2.05) is 6.08 Å². The first kappa shape index (κ1) is 10.8. The van der Waals surface area contributed by atoms with Gasteiger partial charge in [0.2, 0.25) is 0 Å². The molecule has 5 unspecified atom stereocenters. The molecule has 1 saturated carbocycles. The molecule has 4 aliphatic rings. The van der Waals surface area contributed by atoms with Crippen molar-refractivity contribution in [3.8, 4) is 0 Å². The van der Waals surface area contributed by atoms with Crippen LogP contribution in [-0.4, -0.2) is 5.78 Å². The Balaban J connectivity index is 1.68. The summed E-state index contributed by atoms with van der Waals surface area (Å²) in [5, 5.41) is 0. The van der Waals surface area contributed by atoms with Gasteiger partial charge in [-0.05, 0) is 66.9 Å². The van der Waals surface area contributed by atoms with Gasteiger partial charge >= 0.3 is 0 Å². The van der Waals surface area contributed by atoms with E-state index in [1.54, 1.807) is 0 Å². The molecule has 0 aromatic rings. The molecule has 4 rings (SSSR count). The highest BCUT2D eigenvalue weighted by molar-refractivity contribution is 5.91. The minimum absolute atomic E-state index is 0.334. The standard InChI is InChI=1S/C17H20O/c18-13-6-9-15-12(10-13)5-8-16-14-3-1-2-11(14)4-7-17(15)16/h1-2,5,8,10-11,14-17H,3-4,6-7,9H2. The first-order chi connectivity index (χ1) is 8.83. The third-order valence-electron chi connectivity index (χ3n) is 5.65. The lowest BCUT2D eigenvalue weighted by Crippen LogP contribution is -2.38. The van der Waals surface area contributed by atoms with Crippen molar-refractivity contribution in [2.45, 2.75) is 32.1 Å². The van der Waals surface area contributed by atoms with E-state index in [0.29, 0.717) is 11.7 Å². The molecule has 0 aromatic heterocycles. The van der Waals surface area contributed by atoms with Crippen LogP contribution in [0, 0.1) is 29.6 Å². The largest absolute Gasteiger partial charge is 0.295 e. The lowest BCUT2D eigenvalue weighted by Gasteiger charge is -2.46. The highest BCUT2D eigenvalue weighted by Gasteiger charge is 2.44. The van der Waals surface area contributed by atoms with Crippen LogP contribution in [0.15, 0.2) is 36.0 Å². The summed E-state index contributed by atoms with van der Waals surface area (Å²) in [5.74, 6) is 4.30. The summed E-state index contributed by atoms with van der Waals surface area (Å²) in [4.78, 5) is 11.5. The van der Waals surface area contributed by atoms with Crippen LogP contribution in [0.2, 0.25) is 0 Å². The molecule has 1 fully saturated rings. The zero-order chi connectivity index (χ0) is 12.1. The number of carbonyl (C=O) groups excluding carboxylic acids is 1. The highest BCUT2D eigenvalue weighted by Crippen LogP contribution is 2.52. The van der Waals surface area contributed by atoms with Crippen molar-refractivity contribution in [3.63, 3.8) is 0 Å². The SMILES string of the molecule is O=C1C=C2C=CC3C4CC=CC4CCC3C2CC1. The second-order valence-corrected chi connectivity index (χ2v) is 6.43. The first-order valence-electron chi connectivity index (χ1n) is 7.42. The van der Waals surface area contributed by atoms with Gasteiger partial charge in [-0.25, -0.2) is 0 Å². The molecule has 0 bridgehead atoms. The molecule has 0 spiro atoms. The number of hydrogen-bond acceptors (Lipinski definition) is 1. The lowest BCUT2D eigenvalue weighted by molar-refractivity contribution is -0.115. The molecular formula is C17H20O. The number of fused-ring (bicyclic) bond motifs is 5. The zero-order valence-corrected chi connectivity index (χ0v) is 10.7. The highest BCUT2D eigenvalue weighted by atomic mass is 16.1.